The van der Waals surface area contributed by atoms with Crippen LogP contribution in [0.5, 0.6) is 0 Å². The number of nitrogens with one attached hydrogen (secondary N) is 1. The Hall–Kier alpha value is -1.47. The summed E-state index contributed by atoms with van der Waals surface area (Å²) >= 11 is 4.49. The van der Waals surface area contributed by atoms with E-state index in [1.165, 1.54) is 34.0 Å². The lowest BCUT2D eigenvalue weighted by atomic mass is 10.2. The van der Waals surface area contributed by atoms with Gasteiger partial charge in [-0.2, -0.15) is 0 Å². The molecule has 2 N–H and O–H groups in total. The van der Waals surface area contributed by atoms with Crippen molar-refractivity contribution in [1.29, 1.82) is 0 Å². The standard InChI is InChI=1S/C15H13NO2S3/c17-14(11-3-1-7-19-11)12-6-5-10(21-12)9-16-15(18)13-4-2-8-20-13/h1-8,14,17H,9H2,(H,16,18). The number of thiophene rings is 3. The third-order valence-corrected chi connectivity index (χ3v) is 5.86. The van der Waals surface area contributed by atoms with Crippen LogP contribution >= 0.6 is 34.0 Å². The average Bonchev–Trinajstić information content (AvgIpc) is 3.26. The molecule has 6 heteroatoms. The topological polar surface area (TPSA) is 49.3 Å². The molecule has 1 unspecified atom stereocenters. The third kappa shape index (κ3) is 3.41. The predicted octanol–water partition coefficient (Wildman–Crippen LogP) is 3.88. The van der Waals surface area contributed by atoms with Gasteiger partial charge in [-0.15, -0.1) is 34.0 Å². The van der Waals surface area contributed by atoms with Crippen molar-refractivity contribution in [1.82, 2.24) is 5.32 Å². The predicted molar refractivity (Wildman–Crippen MR) is 88.2 cm³/mol. The lowest BCUT2D eigenvalue weighted by molar-refractivity contribution is 0.0955. The van der Waals surface area contributed by atoms with Gasteiger partial charge in [-0.25, -0.2) is 0 Å². The van der Waals surface area contributed by atoms with Crippen LogP contribution in [-0.2, 0) is 6.54 Å². The molecule has 0 radical (unpaired) electrons. The Labute approximate surface area is 134 Å². The first-order valence-electron chi connectivity index (χ1n) is 6.36. The summed E-state index contributed by atoms with van der Waals surface area (Å²) in [5.74, 6) is -0.0567. The quantitative estimate of drug-likeness (QED) is 0.743. The zero-order chi connectivity index (χ0) is 14.7. The number of rotatable bonds is 5. The summed E-state index contributed by atoms with van der Waals surface area (Å²) in [4.78, 5) is 15.4. The number of amides is 1. The monoisotopic (exact) mass is 335 g/mol. The number of hydrogen-bond donors (Lipinski definition) is 2. The molecular formula is C15H13NO2S3. The van der Waals surface area contributed by atoms with Crippen LogP contribution < -0.4 is 5.32 Å². The Balaban J connectivity index is 1.62. The molecule has 0 spiro atoms. The molecule has 0 aliphatic rings. The fraction of sp³-hybridized carbons (Fsp3) is 0.133. The molecule has 0 saturated carbocycles. The minimum Gasteiger partial charge on any atom is -0.382 e. The highest BCUT2D eigenvalue weighted by Crippen LogP contribution is 2.30. The van der Waals surface area contributed by atoms with Crippen molar-refractivity contribution in [3.05, 3.63) is 66.7 Å². The first-order chi connectivity index (χ1) is 10.2. The number of carbonyl (C=O) groups is 1. The molecule has 0 bridgehead atoms. The lowest BCUT2D eigenvalue weighted by Gasteiger charge is -2.05. The summed E-state index contributed by atoms with van der Waals surface area (Å²) < 4.78 is 0. The summed E-state index contributed by atoms with van der Waals surface area (Å²) in [5.41, 5.74) is 0. The highest BCUT2D eigenvalue weighted by molar-refractivity contribution is 7.13. The van der Waals surface area contributed by atoms with Crippen LogP contribution in [0, 0.1) is 0 Å². The summed E-state index contributed by atoms with van der Waals surface area (Å²) in [6.45, 7) is 0.485. The maximum absolute atomic E-state index is 11.9. The molecule has 0 saturated heterocycles. The second kappa shape index (κ2) is 6.53. The summed E-state index contributed by atoms with van der Waals surface area (Å²) in [5, 5.41) is 17.0. The van der Waals surface area contributed by atoms with Gasteiger partial charge < -0.3 is 10.4 Å². The van der Waals surface area contributed by atoms with E-state index in [-0.39, 0.29) is 5.91 Å². The van der Waals surface area contributed by atoms with Crippen molar-refractivity contribution >= 4 is 39.9 Å². The molecule has 3 heterocycles. The second-order valence-electron chi connectivity index (χ2n) is 4.38. The first kappa shape index (κ1) is 14.5. The van der Waals surface area contributed by atoms with Crippen molar-refractivity contribution in [3.8, 4) is 0 Å². The van der Waals surface area contributed by atoms with Gasteiger partial charge in [0, 0.05) is 14.6 Å². The molecule has 108 valence electrons. The maximum Gasteiger partial charge on any atom is 0.261 e. The Morgan fingerprint density at radius 3 is 2.62 bits per heavy atom. The van der Waals surface area contributed by atoms with Crippen LogP contribution in [0.1, 0.15) is 30.4 Å². The molecule has 0 aliphatic heterocycles. The van der Waals surface area contributed by atoms with E-state index in [9.17, 15) is 9.90 Å². The van der Waals surface area contributed by atoms with E-state index in [1.54, 1.807) is 6.07 Å². The molecule has 3 aromatic rings. The van der Waals surface area contributed by atoms with E-state index in [2.05, 4.69) is 5.32 Å². The van der Waals surface area contributed by atoms with Crippen LogP contribution in [0.25, 0.3) is 0 Å². The minimum absolute atomic E-state index is 0.0567. The molecule has 0 aliphatic carbocycles. The van der Waals surface area contributed by atoms with Crippen LogP contribution in [-0.4, -0.2) is 11.0 Å². The van der Waals surface area contributed by atoms with Crippen molar-refractivity contribution in [2.24, 2.45) is 0 Å². The fourth-order valence-corrected chi connectivity index (χ4v) is 4.29. The number of aliphatic hydroxyl groups is 1. The lowest BCUT2D eigenvalue weighted by Crippen LogP contribution is -2.21. The molecule has 3 nitrogen and oxygen atoms in total. The second-order valence-corrected chi connectivity index (χ2v) is 7.51. The molecule has 3 aromatic heterocycles. The molecular weight excluding hydrogens is 322 g/mol. The average molecular weight is 335 g/mol. The van der Waals surface area contributed by atoms with Gasteiger partial charge in [0.1, 0.15) is 6.10 Å². The van der Waals surface area contributed by atoms with Gasteiger partial charge >= 0.3 is 0 Å². The van der Waals surface area contributed by atoms with Gasteiger partial charge in [0.05, 0.1) is 11.4 Å². The normalized spacial score (nSPS) is 12.2. The highest BCUT2D eigenvalue weighted by atomic mass is 32.1. The zero-order valence-corrected chi connectivity index (χ0v) is 13.4. The Morgan fingerprint density at radius 2 is 1.90 bits per heavy atom. The maximum atomic E-state index is 11.9. The minimum atomic E-state index is -0.572. The Morgan fingerprint density at radius 1 is 1.10 bits per heavy atom. The van der Waals surface area contributed by atoms with Crippen LogP contribution in [0.15, 0.2) is 47.2 Å². The van der Waals surface area contributed by atoms with Gasteiger partial charge in [0.25, 0.3) is 5.91 Å². The Bertz CT molecular complexity index is 701. The van der Waals surface area contributed by atoms with E-state index in [1.807, 2.05) is 41.1 Å². The van der Waals surface area contributed by atoms with Gasteiger partial charge in [0.2, 0.25) is 0 Å². The van der Waals surface area contributed by atoms with Crippen molar-refractivity contribution in [3.63, 3.8) is 0 Å². The zero-order valence-electron chi connectivity index (χ0n) is 11.0. The van der Waals surface area contributed by atoms with Gasteiger partial charge in [-0.3, -0.25) is 4.79 Å². The summed E-state index contributed by atoms with van der Waals surface area (Å²) in [6.07, 6.45) is -0.572. The van der Waals surface area contributed by atoms with E-state index >= 15 is 0 Å². The molecule has 1 atom stereocenters. The van der Waals surface area contributed by atoms with Crippen LogP contribution in [0.2, 0.25) is 0 Å². The van der Waals surface area contributed by atoms with Crippen molar-refractivity contribution in [2.45, 2.75) is 12.6 Å². The van der Waals surface area contributed by atoms with E-state index in [4.69, 9.17) is 0 Å². The largest absolute Gasteiger partial charge is 0.382 e. The SMILES string of the molecule is O=C(NCc1ccc(C(O)c2cccs2)s1)c1cccs1. The van der Waals surface area contributed by atoms with Crippen molar-refractivity contribution < 1.29 is 9.90 Å². The molecule has 21 heavy (non-hydrogen) atoms. The molecule has 0 fully saturated rings. The Kier molecular flexibility index (Phi) is 4.50. The highest BCUT2D eigenvalue weighted by Gasteiger charge is 2.14. The molecule has 1 amide bonds. The molecule has 3 rings (SSSR count). The van der Waals surface area contributed by atoms with Gasteiger partial charge in [-0.1, -0.05) is 12.1 Å². The summed E-state index contributed by atoms with van der Waals surface area (Å²) in [7, 11) is 0. The smallest absolute Gasteiger partial charge is 0.261 e. The van der Waals surface area contributed by atoms with Gasteiger partial charge in [-0.05, 0) is 35.0 Å². The first-order valence-corrected chi connectivity index (χ1v) is 8.93. The van der Waals surface area contributed by atoms with Crippen LogP contribution in [0.4, 0.5) is 0 Å². The van der Waals surface area contributed by atoms with Crippen molar-refractivity contribution in [2.75, 3.05) is 0 Å². The van der Waals surface area contributed by atoms with Gasteiger partial charge in [0.15, 0.2) is 0 Å². The van der Waals surface area contributed by atoms with E-state index < -0.39 is 6.10 Å². The molecule has 0 aromatic carbocycles. The van der Waals surface area contributed by atoms with E-state index in [0.29, 0.717) is 11.4 Å². The van der Waals surface area contributed by atoms with E-state index in [0.717, 1.165) is 14.6 Å². The number of hydrogen-bond acceptors (Lipinski definition) is 5. The number of carbonyl (C=O) groups excluding carboxylic acids is 1. The fourth-order valence-electron chi connectivity index (χ4n) is 1.89. The van der Waals surface area contributed by atoms with Crippen LogP contribution in [0.3, 0.4) is 0 Å². The number of aliphatic hydroxyl groups excluding tert-OH is 1. The summed E-state index contributed by atoms with van der Waals surface area (Å²) in [6, 6.07) is 11.4. The third-order valence-electron chi connectivity index (χ3n) is 2.93.